The second kappa shape index (κ2) is 65.5. The Morgan fingerprint density at radius 3 is 1.80 bits per heavy atom. The Bertz CT molecular complexity index is 4640. The molecule has 2 aromatic rings. The molecule has 4 aliphatic rings. The first-order valence-electron chi connectivity index (χ1n) is 48.2. The standard InChI is InChI=1S/C91H141N23O26S2/c1-56(115)103-64-32-44-141-142-45-33-65(107-85(133)66(46-57-49-100-60-24-13-12-23-59(57)60)108-82(130)62(27-19-37-99-91(94)95)104-73(117)51-102-81(129)67(109-84(64)132)47-58-22-18-36-96-58)89(137)114-40-21-29-71(114)90(138)113-39-20-28-70(113)88(136)106-63(26-14-16-34-92)83(131)110-68(48-77(122)123)86(134)111-69(50-101-74(118)52-112(53-78(124)125)54-79(126)127)87(135)105-61(80(93)128)25-15-17-35-97-75(119)55-140-43-42-139-41-38-98-72(116)30-10-8-6-4-2-3-5-7-9-11-31-76(120)121/h12-13,22-24,36,49,61-71,100H,2-11,14-21,25-35,37-48,50-55,92H2,1H3,(H2,93,128)(H,97,119)(H,98,116)(H,101,118)(H,102,129)(H,103,115)(H,104,117)(H,105,135)(H,106,136)(H,107,133)(H,108,130)(H,109,132)(H,110,131)(H,111,134)(H,120,121)(H,122,123)(H,124,125)(H,126,127)(H4,94,95,99)/t61-,62-,63-,64-,65-,66-,67-,68-,69-,70-,71-/m0/s1. The first-order valence-corrected chi connectivity index (χ1v) is 50.7. The highest BCUT2D eigenvalue weighted by Crippen LogP contribution is 2.30. The van der Waals surface area contributed by atoms with Gasteiger partial charge in [0.1, 0.15) is 73.1 Å². The van der Waals surface area contributed by atoms with E-state index in [1.54, 1.807) is 42.8 Å². The molecule has 4 aliphatic heterocycles. The fourth-order valence-corrected chi connectivity index (χ4v) is 18.4. The minimum absolute atomic E-state index is 0.0110. The zero-order valence-electron chi connectivity index (χ0n) is 80.2. The number of likely N-dealkylation sites (tertiary alicyclic amines) is 2. The third kappa shape index (κ3) is 45.5. The SMILES string of the molecule is CC(=O)N[C@H]1CCSSCC[C@@H](C(=O)N2CCC[C@H]2C(=O)N2CCC[C@H]2C(=O)N[C@@H](CCCCN)C(=O)N[C@@H](CC(=O)O)C(=O)N[C@@H](CNC(=O)CN(CC(=O)O)CC(=O)O)C(=O)N[C@@H](CCCCNC(=O)COCCOCCNC(=O)CCCCCCCCCCCCC(=O)O)C(N)=O)NC(=O)[C@H](Cc2c[nH]c3ccccc23)NC(=O)[C@H](CCCNC(=N)N)NC(=O)CNC(=O)[C@H](CC2=CCC=N2)NC1=O. The van der Waals surface area contributed by atoms with E-state index in [1.165, 1.54) is 38.3 Å². The number of aromatic amines is 1. The molecule has 26 N–H and O–H groups in total. The summed E-state index contributed by atoms with van der Waals surface area (Å²) in [6.07, 6.45) is 15.1. The van der Waals surface area contributed by atoms with Crippen LogP contribution in [0.2, 0.25) is 0 Å². The predicted octanol–water partition coefficient (Wildman–Crippen LogP) is -2.74. The number of carboxylic acid groups (broad SMARTS) is 4. The van der Waals surface area contributed by atoms with Gasteiger partial charge in [0, 0.05) is 119 Å². The molecule has 6 rings (SSSR count). The van der Waals surface area contributed by atoms with E-state index in [0.717, 1.165) is 57.8 Å². The van der Waals surface area contributed by atoms with Crippen LogP contribution in [0, 0.1) is 5.41 Å². The molecule has 49 nitrogen and oxygen atoms in total. The van der Waals surface area contributed by atoms with Crippen LogP contribution in [0.25, 0.3) is 10.9 Å². The van der Waals surface area contributed by atoms with Gasteiger partial charge in [0.05, 0.1) is 52.4 Å². The number of carbonyl (C=O) groups excluding carboxylic acids is 16. The van der Waals surface area contributed by atoms with Gasteiger partial charge in [-0.2, -0.15) is 0 Å². The summed E-state index contributed by atoms with van der Waals surface area (Å²) in [7, 11) is 2.49. The van der Waals surface area contributed by atoms with E-state index in [9.17, 15) is 96.8 Å². The summed E-state index contributed by atoms with van der Waals surface area (Å²) in [5.41, 5.74) is 18.9. The molecular formula is C91H141N23O26S2. The molecule has 51 heteroatoms. The summed E-state index contributed by atoms with van der Waals surface area (Å²) < 4.78 is 10.9. The van der Waals surface area contributed by atoms with Crippen molar-refractivity contribution in [3.05, 3.63) is 47.8 Å². The Labute approximate surface area is 830 Å². The third-order valence-corrected chi connectivity index (χ3v) is 26.0. The van der Waals surface area contributed by atoms with Crippen molar-refractivity contribution in [2.24, 2.45) is 22.2 Å². The molecule has 788 valence electrons. The van der Waals surface area contributed by atoms with Gasteiger partial charge in [-0.1, -0.05) is 97.2 Å². The maximum atomic E-state index is 15.6. The number of aliphatic imine (C=N–C) groups is 1. The van der Waals surface area contributed by atoms with E-state index in [2.05, 4.69) is 84.4 Å². The van der Waals surface area contributed by atoms with E-state index >= 15 is 14.4 Å². The Morgan fingerprint density at radius 2 is 1.15 bits per heavy atom. The van der Waals surface area contributed by atoms with E-state index in [-0.39, 0.29) is 198 Å². The number of amides is 16. The van der Waals surface area contributed by atoms with E-state index in [1.807, 2.05) is 0 Å². The predicted molar refractivity (Wildman–Crippen MR) is 520 cm³/mol. The molecule has 16 amide bonds. The van der Waals surface area contributed by atoms with Gasteiger partial charge >= 0.3 is 23.9 Å². The molecule has 142 heavy (non-hydrogen) atoms. The number of nitrogens with two attached hydrogens (primary N) is 3. The third-order valence-electron chi connectivity index (χ3n) is 23.5. The Kier molecular flexibility index (Phi) is 54.4. The van der Waals surface area contributed by atoms with Gasteiger partial charge in [-0.05, 0) is 121 Å². The molecule has 1 aromatic heterocycles. The molecule has 0 radical (unpaired) electrons. The van der Waals surface area contributed by atoms with Crippen molar-refractivity contribution in [1.29, 1.82) is 5.41 Å². The van der Waals surface area contributed by atoms with Gasteiger partial charge < -0.3 is 136 Å². The summed E-state index contributed by atoms with van der Waals surface area (Å²) in [6.45, 7) is -2.76. The summed E-state index contributed by atoms with van der Waals surface area (Å²) in [4.78, 5) is 283. The van der Waals surface area contributed by atoms with Gasteiger partial charge in [-0.15, -0.1) is 0 Å². The number of para-hydroxylation sites is 1. The number of fused-ring (bicyclic) bond motifs is 1. The monoisotopic (exact) mass is 2040 g/mol. The highest BCUT2D eigenvalue weighted by Gasteiger charge is 2.46. The van der Waals surface area contributed by atoms with Crippen LogP contribution in [-0.2, 0) is 112 Å². The molecule has 3 fully saturated rings. The molecule has 1 aromatic carbocycles. The number of carboxylic acids is 4. The molecule has 11 atom stereocenters. The van der Waals surface area contributed by atoms with Crippen LogP contribution in [0.4, 0.5) is 0 Å². The van der Waals surface area contributed by atoms with Crippen molar-refractivity contribution in [2.75, 3.05) is 110 Å². The number of hydrogen-bond acceptors (Lipinski definition) is 28. The highest BCUT2D eigenvalue weighted by molar-refractivity contribution is 8.76. The zero-order chi connectivity index (χ0) is 104. The van der Waals surface area contributed by atoms with Crippen molar-refractivity contribution in [1.82, 2.24) is 94.1 Å². The number of allylic oxidation sites excluding steroid dienone is 1. The second-order valence-corrected chi connectivity index (χ2v) is 37.6. The molecular weight excluding hydrogens is 1900 g/mol. The molecule has 0 aliphatic carbocycles. The molecule has 5 heterocycles. The van der Waals surface area contributed by atoms with E-state index < -0.39 is 218 Å². The van der Waals surface area contributed by atoms with Crippen molar-refractivity contribution >= 4 is 163 Å². The first kappa shape index (κ1) is 118. The number of benzene rings is 1. The second-order valence-electron chi connectivity index (χ2n) is 34.9. The largest absolute Gasteiger partial charge is 0.481 e. The number of unbranched alkanes of at least 4 members (excludes halogenated alkanes) is 11. The molecule has 0 bridgehead atoms. The highest BCUT2D eigenvalue weighted by atomic mass is 33.1. The summed E-state index contributed by atoms with van der Waals surface area (Å²) >= 11 is 0. The Balaban J connectivity index is 1.14. The van der Waals surface area contributed by atoms with Gasteiger partial charge in [-0.3, -0.25) is 111 Å². The summed E-state index contributed by atoms with van der Waals surface area (Å²) in [6, 6.07) is -9.55. The number of nitrogens with zero attached hydrogens (tertiary/aromatic N) is 4. The van der Waals surface area contributed by atoms with Crippen LogP contribution in [0.3, 0.4) is 0 Å². The minimum atomic E-state index is -2.11. The van der Waals surface area contributed by atoms with Gasteiger partial charge in [0.25, 0.3) is 0 Å². The first-order chi connectivity index (χ1) is 68.0. The smallest absolute Gasteiger partial charge is 0.317 e. The van der Waals surface area contributed by atoms with Crippen LogP contribution in [0.1, 0.15) is 199 Å². The number of rotatable bonds is 60. The number of aliphatic carboxylic acids is 4. The van der Waals surface area contributed by atoms with Crippen LogP contribution in [0.5, 0.6) is 0 Å². The number of ether oxygens (including phenoxy) is 2. The van der Waals surface area contributed by atoms with E-state index in [4.69, 9.17) is 37.2 Å². The molecule has 0 spiro atoms. The number of hydrogen-bond donors (Lipinski definition) is 23. The van der Waals surface area contributed by atoms with Crippen molar-refractivity contribution in [3.63, 3.8) is 0 Å². The fourth-order valence-electron chi connectivity index (χ4n) is 16.3. The number of H-pyrrole nitrogens is 1. The van der Waals surface area contributed by atoms with Crippen LogP contribution < -0.4 is 91.6 Å². The van der Waals surface area contributed by atoms with Crippen LogP contribution in [0.15, 0.2) is 47.2 Å². The topological polar surface area (TPSA) is 749 Å². The lowest BCUT2D eigenvalue weighted by Crippen LogP contribution is -2.61. The van der Waals surface area contributed by atoms with Crippen molar-refractivity contribution in [3.8, 4) is 0 Å². The Hall–Kier alpha value is -12.6. The number of primary amides is 1. The summed E-state index contributed by atoms with van der Waals surface area (Å²) in [5.74, 6) is -19.2. The lowest BCUT2D eigenvalue weighted by Gasteiger charge is -2.34. The van der Waals surface area contributed by atoms with Crippen LogP contribution >= 0.6 is 21.6 Å². The quantitative estimate of drug-likeness (QED) is 0.0138. The lowest BCUT2D eigenvalue weighted by atomic mass is 10.0. The fraction of sp³-hybridized carbons (Fsp3) is 0.648. The van der Waals surface area contributed by atoms with Gasteiger partial charge in [0.15, 0.2) is 5.96 Å². The van der Waals surface area contributed by atoms with Crippen molar-refractivity contribution in [2.45, 2.75) is 266 Å². The maximum absolute atomic E-state index is 15.6. The minimum Gasteiger partial charge on any atom is -0.481 e. The molecule has 3 saturated heterocycles. The molecule has 0 saturated carbocycles. The average molecular weight is 2040 g/mol. The molecule has 0 unspecified atom stereocenters. The normalized spacial score (nSPS) is 19.1. The van der Waals surface area contributed by atoms with Crippen molar-refractivity contribution < 1.29 is 126 Å². The van der Waals surface area contributed by atoms with Crippen LogP contribution in [-0.4, -0.2) is 347 Å². The van der Waals surface area contributed by atoms with Gasteiger partial charge in [-0.25, -0.2) is 0 Å². The number of aromatic nitrogens is 1. The average Bonchev–Trinajstić information content (AvgIpc) is 1.65. The lowest BCUT2D eigenvalue weighted by molar-refractivity contribution is -0.148. The maximum Gasteiger partial charge on any atom is 0.317 e. The summed E-state index contributed by atoms with van der Waals surface area (Å²) in [5, 5.41) is 82.4. The van der Waals surface area contributed by atoms with Gasteiger partial charge in [0.2, 0.25) is 94.5 Å². The van der Waals surface area contributed by atoms with E-state index in [0.29, 0.717) is 46.3 Å². The number of carbonyl (C=O) groups is 20. The Morgan fingerprint density at radius 1 is 0.556 bits per heavy atom. The number of nitrogens with one attached hydrogen (secondary N) is 16. The zero-order valence-corrected chi connectivity index (χ0v) is 81.9. The number of guanidine groups is 1.